The Balaban J connectivity index is 1.68. The molecule has 2 aromatic carbocycles. The highest BCUT2D eigenvalue weighted by Crippen LogP contribution is 2.20. The van der Waals surface area contributed by atoms with Crippen LogP contribution in [0.5, 0.6) is 5.75 Å². The third-order valence-corrected chi connectivity index (χ3v) is 6.08. The molecule has 0 aliphatic carbocycles. The molecule has 1 aliphatic heterocycles. The van der Waals surface area contributed by atoms with Crippen LogP contribution < -0.4 is 10.1 Å². The van der Waals surface area contributed by atoms with Crippen molar-refractivity contribution in [2.45, 2.75) is 39.0 Å². The van der Waals surface area contributed by atoms with Crippen LogP contribution in [-0.2, 0) is 4.79 Å². The van der Waals surface area contributed by atoms with Crippen molar-refractivity contribution >= 4 is 11.8 Å². The molecule has 0 spiro atoms. The van der Waals surface area contributed by atoms with Gasteiger partial charge in [-0.3, -0.25) is 9.59 Å². The van der Waals surface area contributed by atoms with E-state index in [1.165, 1.54) is 5.56 Å². The van der Waals surface area contributed by atoms with Crippen molar-refractivity contribution in [2.24, 2.45) is 0 Å². The number of amides is 2. The summed E-state index contributed by atoms with van der Waals surface area (Å²) in [5.41, 5.74) is 1.80. The number of nitrogens with one attached hydrogen (secondary N) is 1. The minimum absolute atomic E-state index is 0.0500. The highest BCUT2D eigenvalue weighted by atomic mass is 16.5. The van der Waals surface area contributed by atoms with Gasteiger partial charge in [-0.2, -0.15) is 0 Å². The van der Waals surface area contributed by atoms with Crippen LogP contribution in [-0.4, -0.2) is 67.5 Å². The van der Waals surface area contributed by atoms with E-state index in [2.05, 4.69) is 31.3 Å². The van der Waals surface area contributed by atoms with Gasteiger partial charge in [-0.05, 0) is 42.2 Å². The number of carbonyl (C=O) groups excluding carboxylic acids is 2. The summed E-state index contributed by atoms with van der Waals surface area (Å²) < 4.78 is 5.73. The van der Waals surface area contributed by atoms with Crippen molar-refractivity contribution in [3.63, 3.8) is 0 Å². The molecule has 1 unspecified atom stereocenters. The van der Waals surface area contributed by atoms with Gasteiger partial charge < -0.3 is 19.9 Å². The lowest BCUT2D eigenvalue weighted by atomic mass is 10.00. The fraction of sp³-hybridized carbons (Fsp3) is 0.481. The van der Waals surface area contributed by atoms with E-state index >= 15 is 0 Å². The summed E-state index contributed by atoms with van der Waals surface area (Å²) in [6.07, 6.45) is 2.43. The maximum absolute atomic E-state index is 13.4. The predicted octanol–water partition coefficient (Wildman–Crippen LogP) is 3.93. The van der Waals surface area contributed by atoms with Crippen molar-refractivity contribution in [2.75, 3.05) is 45.9 Å². The molecule has 1 aliphatic rings. The van der Waals surface area contributed by atoms with E-state index in [0.717, 1.165) is 44.8 Å². The Morgan fingerprint density at radius 1 is 1.06 bits per heavy atom. The topological polar surface area (TPSA) is 61.9 Å². The van der Waals surface area contributed by atoms with Gasteiger partial charge in [-0.1, -0.05) is 50.6 Å². The second kappa shape index (κ2) is 13.0. The standard InChI is InChI=1S/C27H37N3O3/c1-3-4-20-33-25-12-10-24(11-13-25)27(32)30(21-22(2)23-8-6-5-7-9-23)17-14-26(31)29-18-15-28-16-19-29/h5-13,22,28H,3-4,14-21H2,1-2H3. The fourth-order valence-electron chi connectivity index (χ4n) is 4.01. The molecule has 2 aromatic rings. The minimum Gasteiger partial charge on any atom is -0.494 e. The number of unbranched alkanes of at least 4 members (excludes halogenated alkanes) is 1. The van der Waals surface area contributed by atoms with Crippen molar-refractivity contribution in [3.05, 3.63) is 65.7 Å². The van der Waals surface area contributed by atoms with Gasteiger partial charge >= 0.3 is 0 Å². The van der Waals surface area contributed by atoms with Crippen molar-refractivity contribution < 1.29 is 14.3 Å². The molecule has 1 N–H and O–H groups in total. The summed E-state index contributed by atoms with van der Waals surface area (Å²) in [4.78, 5) is 29.9. The molecule has 0 saturated carbocycles. The number of carbonyl (C=O) groups is 2. The van der Waals surface area contributed by atoms with Gasteiger partial charge in [-0.15, -0.1) is 0 Å². The molecule has 33 heavy (non-hydrogen) atoms. The molecule has 6 heteroatoms. The average molecular weight is 452 g/mol. The molecule has 0 aromatic heterocycles. The van der Waals surface area contributed by atoms with E-state index in [1.807, 2.05) is 52.3 Å². The zero-order valence-corrected chi connectivity index (χ0v) is 20.0. The molecule has 1 saturated heterocycles. The van der Waals surface area contributed by atoms with Gasteiger partial charge in [0.15, 0.2) is 0 Å². The summed E-state index contributed by atoms with van der Waals surface area (Å²) in [5, 5.41) is 3.27. The molecule has 0 bridgehead atoms. The quantitative estimate of drug-likeness (QED) is 0.526. The first-order valence-corrected chi connectivity index (χ1v) is 12.1. The van der Waals surface area contributed by atoms with Crippen LogP contribution in [0.1, 0.15) is 54.9 Å². The van der Waals surface area contributed by atoms with Crippen LogP contribution in [0.15, 0.2) is 54.6 Å². The summed E-state index contributed by atoms with van der Waals surface area (Å²) in [7, 11) is 0. The van der Waals surface area contributed by atoms with Crippen molar-refractivity contribution in [1.29, 1.82) is 0 Å². The summed E-state index contributed by atoms with van der Waals surface area (Å²) in [6, 6.07) is 17.6. The summed E-state index contributed by atoms with van der Waals surface area (Å²) >= 11 is 0. The van der Waals surface area contributed by atoms with Crippen LogP contribution in [0.3, 0.4) is 0 Å². The molecule has 1 fully saturated rings. The van der Waals surface area contributed by atoms with E-state index in [9.17, 15) is 9.59 Å². The number of benzene rings is 2. The number of ether oxygens (including phenoxy) is 1. The highest BCUT2D eigenvalue weighted by molar-refractivity contribution is 5.94. The third kappa shape index (κ3) is 7.60. The lowest BCUT2D eigenvalue weighted by Crippen LogP contribution is -2.47. The molecule has 2 amide bonds. The molecule has 1 atom stereocenters. The first-order valence-electron chi connectivity index (χ1n) is 12.1. The van der Waals surface area contributed by atoms with Gasteiger partial charge in [0.1, 0.15) is 5.75 Å². The van der Waals surface area contributed by atoms with Crippen LogP contribution in [0.4, 0.5) is 0 Å². The monoisotopic (exact) mass is 451 g/mol. The lowest BCUT2D eigenvalue weighted by molar-refractivity contribution is -0.131. The smallest absolute Gasteiger partial charge is 0.253 e. The predicted molar refractivity (Wildman–Crippen MR) is 132 cm³/mol. The van der Waals surface area contributed by atoms with Crippen LogP contribution in [0.2, 0.25) is 0 Å². The second-order valence-electron chi connectivity index (χ2n) is 8.67. The lowest BCUT2D eigenvalue weighted by Gasteiger charge is -2.30. The zero-order valence-electron chi connectivity index (χ0n) is 20.0. The first kappa shape index (κ1) is 24.8. The third-order valence-electron chi connectivity index (χ3n) is 6.08. The number of hydrogen-bond donors (Lipinski definition) is 1. The molecular weight excluding hydrogens is 414 g/mol. The molecular formula is C27H37N3O3. The minimum atomic E-state index is -0.0500. The van der Waals surface area contributed by atoms with Gasteiger partial charge in [-0.25, -0.2) is 0 Å². The van der Waals surface area contributed by atoms with E-state index in [-0.39, 0.29) is 17.7 Å². The first-order chi connectivity index (χ1) is 16.1. The zero-order chi connectivity index (χ0) is 23.5. The van der Waals surface area contributed by atoms with Gasteiger partial charge in [0.2, 0.25) is 5.91 Å². The molecule has 6 nitrogen and oxygen atoms in total. The van der Waals surface area contributed by atoms with E-state index < -0.39 is 0 Å². The maximum Gasteiger partial charge on any atom is 0.253 e. The Kier molecular flexibility index (Phi) is 9.76. The molecule has 3 rings (SSSR count). The van der Waals surface area contributed by atoms with E-state index in [4.69, 9.17) is 4.74 Å². The number of piperazine rings is 1. The normalized spacial score (nSPS) is 14.5. The average Bonchev–Trinajstić information content (AvgIpc) is 2.87. The second-order valence-corrected chi connectivity index (χ2v) is 8.67. The Morgan fingerprint density at radius 3 is 2.42 bits per heavy atom. The largest absolute Gasteiger partial charge is 0.494 e. The fourth-order valence-corrected chi connectivity index (χ4v) is 4.01. The summed E-state index contributed by atoms with van der Waals surface area (Å²) in [6.45, 7) is 9.01. The Hall–Kier alpha value is -2.86. The number of hydrogen-bond acceptors (Lipinski definition) is 4. The van der Waals surface area contributed by atoms with Gasteiger partial charge in [0.25, 0.3) is 5.91 Å². The molecule has 1 heterocycles. The number of rotatable bonds is 11. The van der Waals surface area contributed by atoms with Gasteiger partial charge in [0.05, 0.1) is 6.61 Å². The Labute approximate surface area is 197 Å². The van der Waals surface area contributed by atoms with Crippen LogP contribution >= 0.6 is 0 Å². The highest BCUT2D eigenvalue weighted by Gasteiger charge is 2.22. The van der Waals surface area contributed by atoms with Crippen molar-refractivity contribution in [3.8, 4) is 5.75 Å². The number of nitrogens with zero attached hydrogens (tertiary/aromatic N) is 2. The van der Waals surface area contributed by atoms with E-state index in [0.29, 0.717) is 31.7 Å². The summed E-state index contributed by atoms with van der Waals surface area (Å²) in [5.74, 6) is 1.01. The molecule has 178 valence electrons. The van der Waals surface area contributed by atoms with E-state index in [1.54, 1.807) is 0 Å². The maximum atomic E-state index is 13.4. The SMILES string of the molecule is CCCCOc1ccc(C(=O)N(CCC(=O)N2CCNCC2)CC(C)c2ccccc2)cc1. The van der Waals surface area contributed by atoms with Crippen molar-refractivity contribution in [1.82, 2.24) is 15.1 Å². The van der Waals surface area contributed by atoms with Crippen LogP contribution in [0.25, 0.3) is 0 Å². The Morgan fingerprint density at radius 2 is 1.76 bits per heavy atom. The van der Waals surface area contributed by atoms with Crippen LogP contribution in [0, 0.1) is 0 Å². The Bertz CT molecular complexity index is 864. The molecule has 0 radical (unpaired) electrons. The van der Waals surface area contributed by atoms with Gasteiger partial charge in [0, 0.05) is 51.3 Å².